The van der Waals surface area contributed by atoms with Gasteiger partial charge in [0.25, 0.3) is 0 Å². The van der Waals surface area contributed by atoms with E-state index in [4.69, 9.17) is 14.2 Å². The highest BCUT2D eigenvalue weighted by Gasteiger charge is 2.19. The van der Waals surface area contributed by atoms with Crippen molar-refractivity contribution >= 4 is 11.9 Å². The first-order valence-electron chi connectivity index (χ1n) is 8.00. The second-order valence-electron chi connectivity index (χ2n) is 6.43. The minimum Gasteiger partial charge on any atom is -0.481 e. The minimum absolute atomic E-state index is 0.167. The molecule has 0 amide bonds. The largest absolute Gasteiger partial charge is 0.481 e. The van der Waals surface area contributed by atoms with Crippen LogP contribution in [-0.4, -0.2) is 24.1 Å². The van der Waals surface area contributed by atoms with E-state index < -0.39 is 17.5 Å². The summed E-state index contributed by atoms with van der Waals surface area (Å²) < 4.78 is 15.9. The molecule has 0 spiro atoms. The summed E-state index contributed by atoms with van der Waals surface area (Å²) in [6, 6.07) is 16.0. The van der Waals surface area contributed by atoms with Gasteiger partial charge in [0.2, 0.25) is 0 Å². The van der Waals surface area contributed by atoms with Crippen molar-refractivity contribution in [2.24, 2.45) is 0 Å². The molecule has 0 fully saturated rings. The molecule has 0 heterocycles. The van der Waals surface area contributed by atoms with Gasteiger partial charge >= 0.3 is 11.9 Å². The van der Waals surface area contributed by atoms with Crippen molar-refractivity contribution in [2.45, 2.75) is 33.0 Å². The highest BCUT2D eigenvalue weighted by atomic mass is 16.6. The number of rotatable bonds is 6. The molecule has 0 N–H and O–H groups in total. The monoisotopic (exact) mass is 342 g/mol. The van der Waals surface area contributed by atoms with Crippen molar-refractivity contribution in [3.8, 4) is 5.75 Å². The Balaban J connectivity index is 1.97. The van der Waals surface area contributed by atoms with Crippen LogP contribution in [0.15, 0.2) is 54.6 Å². The van der Waals surface area contributed by atoms with Crippen molar-refractivity contribution in [2.75, 3.05) is 6.61 Å². The fourth-order valence-corrected chi connectivity index (χ4v) is 2.07. The van der Waals surface area contributed by atoms with Gasteiger partial charge in [-0.3, -0.25) is 0 Å². The molecule has 2 rings (SSSR count). The summed E-state index contributed by atoms with van der Waals surface area (Å²) in [6.45, 7) is 5.22. The quantitative estimate of drug-likeness (QED) is 0.748. The van der Waals surface area contributed by atoms with Gasteiger partial charge in [-0.15, -0.1) is 0 Å². The molecule has 5 nitrogen and oxygen atoms in total. The second-order valence-corrected chi connectivity index (χ2v) is 6.43. The first kappa shape index (κ1) is 18.5. The Bertz CT molecular complexity index is 716. The molecule has 0 bridgehead atoms. The van der Waals surface area contributed by atoms with Crippen molar-refractivity contribution in [3.05, 3.63) is 65.7 Å². The Morgan fingerprint density at radius 2 is 1.56 bits per heavy atom. The molecular formula is C20H22O5. The Morgan fingerprint density at radius 1 is 0.920 bits per heavy atom. The van der Waals surface area contributed by atoms with Gasteiger partial charge in [-0.05, 0) is 38.5 Å². The molecule has 0 saturated heterocycles. The zero-order valence-corrected chi connectivity index (χ0v) is 14.7. The van der Waals surface area contributed by atoms with Gasteiger partial charge in [-0.2, -0.15) is 0 Å². The Labute approximate surface area is 147 Å². The van der Waals surface area contributed by atoms with E-state index in [0.717, 1.165) is 5.56 Å². The summed E-state index contributed by atoms with van der Waals surface area (Å²) in [7, 11) is 0. The molecule has 0 aliphatic carbocycles. The standard InChI is InChI=1S/C20H22O5/c1-20(2,3)25-18(21)14-23-17-12-8-7-11-16(17)19(22)24-13-15-9-5-4-6-10-15/h4-12H,13-14H2,1-3H3. The number of carbonyl (C=O) groups excluding carboxylic acids is 2. The summed E-state index contributed by atoms with van der Waals surface area (Å²) in [6.07, 6.45) is 0. The summed E-state index contributed by atoms with van der Waals surface area (Å²) in [5.41, 5.74) is 0.569. The van der Waals surface area contributed by atoms with Crippen LogP contribution in [0.2, 0.25) is 0 Å². The third-order valence-corrected chi connectivity index (χ3v) is 3.09. The number of para-hydroxylation sites is 1. The van der Waals surface area contributed by atoms with Crippen LogP contribution in [0.5, 0.6) is 5.75 Å². The van der Waals surface area contributed by atoms with Crippen LogP contribution < -0.4 is 4.74 Å². The predicted octanol–water partition coefficient (Wildman–Crippen LogP) is 3.76. The molecule has 2 aromatic carbocycles. The zero-order valence-electron chi connectivity index (χ0n) is 14.7. The molecule has 25 heavy (non-hydrogen) atoms. The lowest BCUT2D eigenvalue weighted by molar-refractivity contribution is -0.157. The van der Waals surface area contributed by atoms with Gasteiger partial charge in [0.1, 0.15) is 23.5 Å². The van der Waals surface area contributed by atoms with E-state index in [1.54, 1.807) is 45.0 Å². The average Bonchev–Trinajstić information content (AvgIpc) is 2.57. The van der Waals surface area contributed by atoms with Crippen LogP contribution in [0.4, 0.5) is 0 Å². The van der Waals surface area contributed by atoms with Crippen LogP contribution in [0.25, 0.3) is 0 Å². The van der Waals surface area contributed by atoms with E-state index >= 15 is 0 Å². The van der Waals surface area contributed by atoms with E-state index in [-0.39, 0.29) is 24.5 Å². The zero-order chi connectivity index (χ0) is 18.3. The number of carbonyl (C=O) groups is 2. The van der Waals surface area contributed by atoms with Crippen LogP contribution in [0.1, 0.15) is 36.7 Å². The van der Waals surface area contributed by atoms with Crippen LogP contribution in [-0.2, 0) is 20.9 Å². The number of hydrogen-bond donors (Lipinski definition) is 0. The first-order chi connectivity index (χ1) is 11.8. The average molecular weight is 342 g/mol. The maximum absolute atomic E-state index is 12.3. The van der Waals surface area contributed by atoms with Gasteiger partial charge in [-0.25, -0.2) is 9.59 Å². The van der Waals surface area contributed by atoms with Crippen LogP contribution in [0, 0.1) is 0 Å². The molecule has 0 atom stereocenters. The lowest BCUT2D eigenvalue weighted by Crippen LogP contribution is -2.27. The van der Waals surface area contributed by atoms with E-state index in [1.165, 1.54) is 0 Å². The van der Waals surface area contributed by atoms with Crippen molar-refractivity contribution in [1.29, 1.82) is 0 Å². The summed E-state index contributed by atoms with van der Waals surface area (Å²) in [5.74, 6) is -0.727. The molecular weight excluding hydrogens is 320 g/mol. The summed E-state index contributed by atoms with van der Waals surface area (Å²) >= 11 is 0. The Hall–Kier alpha value is -2.82. The Morgan fingerprint density at radius 3 is 2.24 bits per heavy atom. The minimum atomic E-state index is -0.589. The molecule has 0 aliphatic rings. The van der Waals surface area contributed by atoms with Gasteiger partial charge in [0.15, 0.2) is 6.61 Å². The molecule has 0 radical (unpaired) electrons. The normalized spacial score (nSPS) is 10.8. The molecule has 0 aliphatic heterocycles. The smallest absolute Gasteiger partial charge is 0.344 e. The van der Waals surface area contributed by atoms with E-state index in [0.29, 0.717) is 0 Å². The highest BCUT2D eigenvalue weighted by Crippen LogP contribution is 2.20. The molecule has 132 valence electrons. The highest BCUT2D eigenvalue weighted by molar-refractivity contribution is 5.92. The van der Waals surface area contributed by atoms with E-state index in [2.05, 4.69) is 0 Å². The second kappa shape index (κ2) is 8.33. The predicted molar refractivity (Wildman–Crippen MR) is 93.3 cm³/mol. The van der Waals surface area contributed by atoms with Gasteiger partial charge in [0, 0.05) is 0 Å². The fourth-order valence-electron chi connectivity index (χ4n) is 2.07. The van der Waals surface area contributed by atoms with Crippen LogP contribution >= 0.6 is 0 Å². The number of hydrogen-bond acceptors (Lipinski definition) is 5. The molecule has 0 saturated carbocycles. The number of benzene rings is 2. The molecule has 0 unspecified atom stereocenters. The molecule has 2 aromatic rings. The molecule has 0 aromatic heterocycles. The van der Waals surface area contributed by atoms with Crippen LogP contribution in [0.3, 0.4) is 0 Å². The van der Waals surface area contributed by atoms with Gasteiger partial charge in [-0.1, -0.05) is 42.5 Å². The first-order valence-corrected chi connectivity index (χ1v) is 8.00. The maximum Gasteiger partial charge on any atom is 0.344 e. The van der Waals surface area contributed by atoms with Crippen molar-refractivity contribution in [1.82, 2.24) is 0 Å². The summed E-state index contributed by atoms with van der Waals surface area (Å²) in [5, 5.41) is 0. The fraction of sp³-hybridized carbons (Fsp3) is 0.300. The third kappa shape index (κ3) is 6.30. The lowest BCUT2D eigenvalue weighted by atomic mass is 10.2. The van der Waals surface area contributed by atoms with E-state index in [1.807, 2.05) is 30.3 Å². The third-order valence-electron chi connectivity index (χ3n) is 3.09. The van der Waals surface area contributed by atoms with Gasteiger partial charge in [0.05, 0.1) is 0 Å². The lowest BCUT2D eigenvalue weighted by Gasteiger charge is -2.19. The number of esters is 2. The van der Waals surface area contributed by atoms with Crippen molar-refractivity contribution in [3.63, 3.8) is 0 Å². The maximum atomic E-state index is 12.3. The van der Waals surface area contributed by atoms with E-state index in [9.17, 15) is 9.59 Å². The topological polar surface area (TPSA) is 61.8 Å². The SMILES string of the molecule is CC(C)(C)OC(=O)COc1ccccc1C(=O)OCc1ccccc1. The van der Waals surface area contributed by atoms with Crippen molar-refractivity contribution < 1.29 is 23.8 Å². The summed E-state index contributed by atoms with van der Waals surface area (Å²) in [4.78, 5) is 24.1. The number of ether oxygens (including phenoxy) is 3. The molecule has 5 heteroatoms. The van der Waals surface area contributed by atoms with Gasteiger partial charge < -0.3 is 14.2 Å². The Kier molecular flexibility index (Phi) is 6.17.